The fourth-order valence-corrected chi connectivity index (χ4v) is 2.33. The molecule has 22 heavy (non-hydrogen) atoms. The molecule has 0 aliphatic carbocycles. The van der Waals surface area contributed by atoms with E-state index in [-0.39, 0.29) is 12.4 Å². The van der Waals surface area contributed by atoms with Gasteiger partial charge in [0.05, 0.1) is 23.5 Å². The van der Waals surface area contributed by atoms with Gasteiger partial charge >= 0.3 is 7.12 Å². The van der Waals surface area contributed by atoms with Crippen molar-refractivity contribution in [3.63, 3.8) is 0 Å². The third-order valence-corrected chi connectivity index (χ3v) is 4.43. The zero-order valence-corrected chi connectivity index (χ0v) is 15.3. The van der Waals surface area contributed by atoms with E-state index in [1.807, 2.05) is 40.7 Å². The normalized spacial score (nSPS) is 18.9. The molecule has 1 saturated heterocycles. The summed E-state index contributed by atoms with van der Waals surface area (Å²) in [6, 6.07) is 3.50. The molecule has 1 aliphatic rings. The average Bonchev–Trinajstić information content (AvgIpc) is 2.57. The van der Waals surface area contributed by atoms with Crippen molar-refractivity contribution in [2.24, 2.45) is 0 Å². The van der Waals surface area contributed by atoms with Crippen LogP contribution in [-0.2, 0) is 9.31 Å². The Kier molecular flexibility index (Phi) is 6.07. The minimum absolute atomic E-state index is 0. The lowest BCUT2D eigenvalue weighted by Crippen LogP contribution is -2.41. The maximum absolute atomic E-state index is 6.31. The molecule has 1 heterocycles. The van der Waals surface area contributed by atoms with E-state index in [0.29, 0.717) is 23.1 Å². The maximum atomic E-state index is 6.31. The molecule has 0 atom stereocenters. The largest absolute Gasteiger partial charge is 0.496 e. The molecular formula is C15H24BCl2NO3. The van der Waals surface area contributed by atoms with Crippen LogP contribution in [0.25, 0.3) is 0 Å². The van der Waals surface area contributed by atoms with Crippen LogP contribution in [0.15, 0.2) is 12.1 Å². The van der Waals surface area contributed by atoms with Gasteiger partial charge in [0.2, 0.25) is 0 Å². The average molecular weight is 348 g/mol. The first kappa shape index (κ1) is 19.4. The predicted octanol–water partition coefficient (Wildman–Crippen LogP) is 3.43. The lowest BCUT2D eigenvalue weighted by Gasteiger charge is -2.32. The second kappa shape index (κ2) is 6.87. The highest BCUT2D eigenvalue weighted by atomic mass is 35.5. The summed E-state index contributed by atoms with van der Waals surface area (Å²) >= 11 is 6.31. The summed E-state index contributed by atoms with van der Waals surface area (Å²) in [5, 5.41) is 0.523. The van der Waals surface area contributed by atoms with Gasteiger partial charge in [-0.05, 0) is 46.2 Å². The van der Waals surface area contributed by atoms with E-state index in [4.69, 9.17) is 31.4 Å². The molecular weight excluding hydrogens is 324 g/mol. The van der Waals surface area contributed by atoms with Crippen molar-refractivity contribution in [1.29, 1.82) is 0 Å². The van der Waals surface area contributed by atoms with Crippen LogP contribution in [0.2, 0.25) is 5.02 Å². The molecule has 0 radical (unpaired) electrons. The number of nitrogen functional groups attached to an aromatic ring is 1. The molecule has 0 unspecified atom stereocenters. The topological polar surface area (TPSA) is 53.7 Å². The highest BCUT2D eigenvalue weighted by molar-refractivity contribution is 6.65. The molecule has 0 amide bonds. The molecule has 1 aromatic carbocycles. The van der Waals surface area contributed by atoms with Crippen LogP contribution in [0.5, 0.6) is 5.75 Å². The molecule has 1 fully saturated rings. The molecule has 0 spiro atoms. The van der Waals surface area contributed by atoms with E-state index in [1.165, 1.54) is 0 Å². The summed E-state index contributed by atoms with van der Waals surface area (Å²) < 4.78 is 17.7. The van der Waals surface area contributed by atoms with Crippen LogP contribution in [0, 0.1) is 0 Å². The van der Waals surface area contributed by atoms with Gasteiger partial charge in [-0.3, -0.25) is 0 Å². The minimum atomic E-state index is -0.521. The van der Waals surface area contributed by atoms with Gasteiger partial charge in [-0.25, -0.2) is 0 Å². The number of rotatable bonds is 4. The summed E-state index contributed by atoms with van der Waals surface area (Å²) in [6.45, 7) is 10.7. The van der Waals surface area contributed by atoms with Gasteiger partial charge in [-0.15, -0.1) is 12.4 Å². The molecule has 2 rings (SSSR count). The van der Waals surface area contributed by atoms with Crippen molar-refractivity contribution in [3.05, 3.63) is 17.2 Å². The van der Waals surface area contributed by atoms with E-state index in [9.17, 15) is 0 Å². The zero-order chi connectivity index (χ0) is 15.8. The van der Waals surface area contributed by atoms with E-state index in [0.717, 1.165) is 11.9 Å². The Balaban J connectivity index is 0.00000242. The number of ether oxygens (including phenoxy) is 1. The fraction of sp³-hybridized carbons (Fsp3) is 0.600. The van der Waals surface area contributed by atoms with E-state index in [1.54, 1.807) is 6.07 Å². The SMILES string of the molecule is CCCOc1cc(B2OC(C)(C)C(C)(C)O2)c(Cl)cc1N.Cl. The van der Waals surface area contributed by atoms with Gasteiger partial charge in [-0.1, -0.05) is 18.5 Å². The molecule has 1 aromatic rings. The Morgan fingerprint density at radius 1 is 1.18 bits per heavy atom. The van der Waals surface area contributed by atoms with Gasteiger partial charge in [0.1, 0.15) is 5.75 Å². The van der Waals surface area contributed by atoms with Gasteiger partial charge in [0.25, 0.3) is 0 Å². The summed E-state index contributed by atoms with van der Waals surface area (Å²) in [6.07, 6.45) is 0.911. The molecule has 0 bridgehead atoms. The van der Waals surface area contributed by atoms with Gasteiger partial charge in [-0.2, -0.15) is 0 Å². The molecule has 7 heteroatoms. The monoisotopic (exact) mass is 347 g/mol. The quantitative estimate of drug-likeness (QED) is 0.669. The number of hydrogen-bond donors (Lipinski definition) is 1. The molecule has 2 N–H and O–H groups in total. The van der Waals surface area contributed by atoms with Crippen LogP contribution in [0.1, 0.15) is 41.0 Å². The third kappa shape index (κ3) is 3.65. The maximum Gasteiger partial charge on any atom is 0.496 e. The first-order chi connectivity index (χ1) is 9.68. The van der Waals surface area contributed by atoms with Gasteiger partial charge < -0.3 is 19.8 Å². The minimum Gasteiger partial charge on any atom is -0.491 e. The van der Waals surface area contributed by atoms with Crippen LogP contribution in [0.3, 0.4) is 0 Å². The van der Waals surface area contributed by atoms with Crippen molar-refractivity contribution < 1.29 is 14.0 Å². The smallest absolute Gasteiger partial charge is 0.491 e. The first-order valence-electron chi connectivity index (χ1n) is 7.25. The Morgan fingerprint density at radius 2 is 1.73 bits per heavy atom. The second-order valence-electron chi connectivity index (χ2n) is 6.35. The Hall–Kier alpha value is -0.615. The van der Waals surface area contributed by atoms with Gasteiger partial charge in [0, 0.05) is 10.5 Å². The number of benzene rings is 1. The Morgan fingerprint density at radius 3 is 2.23 bits per heavy atom. The summed E-state index contributed by atoms with van der Waals surface area (Å²) in [4.78, 5) is 0. The summed E-state index contributed by atoms with van der Waals surface area (Å²) in [5.74, 6) is 0.617. The summed E-state index contributed by atoms with van der Waals surface area (Å²) in [7, 11) is -0.521. The molecule has 0 aromatic heterocycles. The van der Waals surface area contributed by atoms with E-state index >= 15 is 0 Å². The van der Waals surface area contributed by atoms with Crippen LogP contribution in [0.4, 0.5) is 5.69 Å². The van der Waals surface area contributed by atoms with Crippen molar-refractivity contribution >= 4 is 42.3 Å². The van der Waals surface area contributed by atoms with E-state index in [2.05, 4.69) is 0 Å². The van der Waals surface area contributed by atoms with Crippen LogP contribution >= 0.6 is 24.0 Å². The fourth-order valence-electron chi connectivity index (χ4n) is 2.07. The standard InChI is InChI=1S/C15H23BClNO3.ClH/c1-6-7-19-13-8-10(11(17)9-12(13)18)16-20-14(2,3)15(4,5)21-16;/h8-9H,6-7,18H2,1-5H3;1H. The zero-order valence-electron chi connectivity index (χ0n) is 13.7. The highest BCUT2D eigenvalue weighted by Crippen LogP contribution is 2.37. The summed E-state index contributed by atoms with van der Waals surface area (Å²) in [5.41, 5.74) is 6.39. The van der Waals surface area contributed by atoms with Crippen molar-refractivity contribution in [1.82, 2.24) is 0 Å². The van der Waals surface area contributed by atoms with Crippen molar-refractivity contribution in [2.45, 2.75) is 52.2 Å². The predicted molar refractivity (Wildman–Crippen MR) is 94.6 cm³/mol. The Bertz CT molecular complexity index is 522. The molecule has 124 valence electrons. The van der Waals surface area contributed by atoms with Gasteiger partial charge in [0.15, 0.2) is 0 Å². The van der Waals surface area contributed by atoms with Crippen molar-refractivity contribution in [2.75, 3.05) is 12.3 Å². The lowest BCUT2D eigenvalue weighted by molar-refractivity contribution is 0.00578. The van der Waals surface area contributed by atoms with Crippen LogP contribution < -0.4 is 15.9 Å². The van der Waals surface area contributed by atoms with Crippen molar-refractivity contribution in [3.8, 4) is 5.75 Å². The first-order valence-corrected chi connectivity index (χ1v) is 7.63. The Labute approximate surface area is 144 Å². The number of anilines is 1. The van der Waals surface area contributed by atoms with Crippen LogP contribution in [-0.4, -0.2) is 24.9 Å². The third-order valence-electron chi connectivity index (χ3n) is 4.10. The van der Waals surface area contributed by atoms with E-state index < -0.39 is 18.3 Å². The second-order valence-corrected chi connectivity index (χ2v) is 6.76. The molecule has 1 aliphatic heterocycles. The lowest BCUT2D eigenvalue weighted by atomic mass is 9.79. The molecule has 0 saturated carbocycles. The number of nitrogens with two attached hydrogens (primary N) is 1. The highest BCUT2D eigenvalue weighted by Gasteiger charge is 2.52. The molecule has 4 nitrogen and oxygen atoms in total. The number of halogens is 2. The number of hydrogen-bond acceptors (Lipinski definition) is 4.